The normalized spacial score (nSPS) is 18.8. The smallest absolute Gasteiger partial charge is 0.240 e. The maximum absolute atomic E-state index is 14.1. The van der Waals surface area contributed by atoms with Crippen LogP contribution in [0.5, 0.6) is 0 Å². The molecule has 3 rings (SSSR count). The van der Waals surface area contributed by atoms with Crippen LogP contribution in [0.2, 0.25) is 0 Å². The van der Waals surface area contributed by atoms with Crippen LogP contribution in [0.15, 0.2) is 59.5 Å². The molecule has 0 aliphatic carbocycles. The Morgan fingerprint density at radius 1 is 1.20 bits per heavy atom. The van der Waals surface area contributed by atoms with Crippen molar-refractivity contribution in [1.82, 2.24) is 10.2 Å². The summed E-state index contributed by atoms with van der Waals surface area (Å²) in [6.45, 7) is 1.47. The maximum atomic E-state index is 14.1. The summed E-state index contributed by atoms with van der Waals surface area (Å²) in [4.78, 5) is 15.6. The van der Waals surface area contributed by atoms with Gasteiger partial charge in [0.1, 0.15) is 11.1 Å². The fourth-order valence-electron chi connectivity index (χ4n) is 3.13. The highest BCUT2D eigenvalue weighted by atomic mass is 32.2. The number of halogens is 1. The molecule has 0 bridgehead atoms. The maximum Gasteiger partial charge on any atom is 0.240 e. The zero-order chi connectivity index (χ0) is 17.6. The monoisotopic (exact) mass is 358 g/mol. The number of likely N-dealkylation sites (tertiary alicyclic amines) is 1. The van der Waals surface area contributed by atoms with E-state index >= 15 is 0 Å². The van der Waals surface area contributed by atoms with Gasteiger partial charge in [-0.1, -0.05) is 42.5 Å². The van der Waals surface area contributed by atoms with Crippen LogP contribution in [0.25, 0.3) is 0 Å². The number of hydrogen-bond acceptors (Lipinski definition) is 3. The molecule has 2 aromatic rings. The van der Waals surface area contributed by atoms with Crippen LogP contribution in [0, 0.1) is 5.82 Å². The fourth-order valence-corrected chi connectivity index (χ4v) is 4.27. The Morgan fingerprint density at radius 3 is 2.64 bits per heavy atom. The number of likely N-dealkylation sites (N-methyl/N-ethyl adjacent to an activating group) is 1. The molecule has 0 aromatic heterocycles. The molecular formula is C20H23FN2OS. The summed E-state index contributed by atoms with van der Waals surface area (Å²) in [5.41, 5.74) is 0.910. The number of carbonyl (C=O) groups excluding carboxylic acids is 1. The summed E-state index contributed by atoms with van der Waals surface area (Å²) in [5.74, 6) is -0.229. The van der Waals surface area contributed by atoms with Gasteiger partial charge in [-0.25, -0.2) is 4.39 Å². The molecule has 0 saturated carbocycles. The van der Waals surface area contributed by atoms with E-state index in [1.165, 1.54) is 17.8 Å². The van der Waals surface area contributed by atoms with Crippen molar-refractivity contribution >= 4 is 17.7 Å². The Bertz CT molecular complexity index is 710. The van der Waals surface area contributed by atoms with Crippen molar-refractivity contribution in [1.29, 1.82) is 0 Å². The topological polar surface area (TPSA) is 32.3 Å². The van der Waals surface area contributed by atoms with E-state index in [4.69, 9.17) is 0 Å². The molecule has 1 amide bonds. The first-order chi connectivity index (χ1) is 12.2. The molecule has 1 aliphatic rings. The van der Waals surface area contributed by atoms with Crippen LogP contribution in [-0.2, 0) is 4.79 Å². The van der Waals surface area contributed by atoms with Crippen molar-refractivity contribution in [2.75, 3.05) is 20.1 Å². The molecule has 2 unspecified atom stereocenters. The van der Waals surface area contributed by atoms with Gasteiger partial charge >= 0.3 is 0 Å². The molecule has 2 atom stereocenters. The largest absolute Gasteiger partial charge is 0.340 e. The Hall–Kier alpha value is -1.85. The standard InChI is InChI=1S/C20H23FN2OS/c1-22-16-10-7-13-23(14-16)20(24)19(15-8-3-2-4-9-15)25-18-12-6-5-11-17(18)21/h2-6,8-9,11-12,16,19,22H,7,10,13-14H2,1H3. The van der Waals surface area contributed by atoms with Gasteiger partial charge in [0.05, 0.1) is 0 Å². The van der Waals surface area contributed by atoms with Crippen LogP contribution in [-0.4, -0.2) is 37.0 Å². The lowest BCUT2D eigenvalue weighted by Gasteiger charge is -2.34. The van der Waals surface area contributed by atoms with Gasteiger partial charge in [0.2, 0.25) is 5.91 Å². The van der Waals surface area contributed by atoms with Crippen LogP contribution in [0.1, 0.15) is 23.7 Å². The van der Waals surface area contributed by atoms with E-state index in [1.54, 1.807) is 18.2 Å². The second kappa shape index (κ2) is 8.50. The summed E-state index contributed by atoms with van der Waals surface area (Å²) in [6.07, 6.45) is 2.07. The van der Waals surface area contributed by atoms with E-state index < -0.39 is 5.25 Å². The van der Waals surface area contributed by atoms with Crippen LogP contribution < -0.4 is 5.32 Å². The van der Waals surface area contributed by atoms with Crippen molar-refractivity contribution in [3.8, 4) is 0 Å². The molecule has 132 valence electrons. The van der Waals surface area contributed by atoms with Gasteiger partial charge in [-0.2, -0.15) is 0 Å². The number of piperidine rings is 1. The Kier molecular flexibility index (Phi) is 6.10. The third-order valence-corrected chi connectivity index (χ3v) is 5.84. The van der Waals surface area contributed by atoms with Gasteiger partial charge in [-0.05, 0) is 37.6 Å². The molecule has 0 radical (unpaired) electrons. The number of amides is 1. The van der Waals surface area contributed by atoms with Crippen molar-refractivity contribution in [3.05, 3.63) is 66.0 Å². The van der Waals surface area contributed by atoms with Gasteiger partial charge in [0.25, 0.3) is 0 Å². The average molecular weight is 358 g/mol. The Balaban J connectivity index is 1.86. The second-order valence-corrected chi connectivity index (χ2v) is 7.40. The number of thioether (sulfide) groups is 1. The summed E-state index contributed by atoms with van der Waals surface area (Å²) < 4.78 is 14.1. The molecule has 1 aliphatic heterocycles. The number of hydrogen-bond donors (Lipinski definition) is 1. The first kappa shape index (κ1) is 18.0. The van der Waals surface area contributed by atoms with Crippen LogP contribution in [0.4, 0.5) is 4.39 Å². The van der Waals surface area contributed by atoms with E-state index in [2.05, 4.69) is 5.32 Å². The number of benzene rings is 2. The molecule has 25 heavy (non-hydrogen) atoms. The summed E-state index contributed by atoms with van der Waals surface area (Å²) in [5, 5.41) is 2.83. The number of rotatable bonds is 5. The van der Waals surface area contributed by atoms with Crippen molar-refractivity contribution < 1.29 is 9.18 Å². The van der Waals surface area contributed by atoms with Crippen molar-refractivity contribution in [2.45, 2.75) is 29.0 Å². The average Bonchev–Trinajstić information content (AvgIpc) is 2.67. The molecule has 3 nitrogen and oxygen atoms in total. The highest BCUT2D eigenvalue weighted by Gasteiger charge is 2.30. The second-order valence-electron chi connectivity index (χ2n) is 6.25. The number of nitrogens with one attached hydrogen (secondary N) is 1. The lowest BCUT2D eigenvalue weighted by Crippen LogP contribution is -2.48. The predicted molar refractivity (Wildman–Crippen MR) is 100 cm³/mol. The van der Waals surface area contributed by atoms with E-state index in [0.29, 0.717) is 17.5 Å². The van der Waals surface area contributed by atoms with E-state index in [0.717, 1.165) is 24.9 Å². The first-order valence-electron chi connectivity index (χ1n) is 8.61. The Labute approximate surface area is 152 Å². The summed E-state index contributed by atoms with van der Waals surface area (Å²) >= 11 is 1.29. The summed E-state index contributed by atoms with van der Waals surface area (Å²) in [6, 6.07) is 16.6. The lowest BCUT2D eigenvalue weighted by molar-refractivity contribution is -0.132. The zero-order valence-electron chi connectivity index (χ0n) is 14.3. The molecule has 0 spiro atoms. The lowest BCUT2D eigenvalue weighted by atomic mass is 10.0. The molecule has 1 fully saturated rings. The van der Waals surface area contributed by atoms with Crippen molar-refractivity contribution in [3.63, 3.8) is 0 Å². The predicted octanol–water partition coefficient (Wildman–Crippen LogP) is 3.87. The van der Waals surface area contributed by atoms with E-state index in [-0.39, 0.29) is 11.7 Å². The van der Waals surface area contributed by atoms with Crippen molar-refractivity contribution in [2.24, 2.45) is 0 Å². The van der Waals surface area contributed by atoms with Crippen LogP contribution in [0.3, 0.4) is 0 Å². The zero-order valence-corrected chi connectivity index (χ0v) is 15.1. The van der Waals surface area contributed by atoms with Gasteiger partial charge in [0, 0.05) is 24.0 Å². The summed E-state index contributed by atoms with van der Waals surface area (Å²) in [7, 11) is 1.93. The highest BCUT2D eigenvalue weighted by Crippen LogP contribution is 2.38. The van der Waals surface area contributed by atoms with Gasteiger partial charge in [-0.15, -0.1) is 11.8 Å². The molecule has 1 heterocycles. The quantitative estimate of drug-likeness (QED) is 0.824. The minimum absolute atomic E-state index is 0.0550. The number of carbonyl (C=O) groups is 1. The third-order valence-electron chi connectivity index (χ3n) is 4.55. The number of nitrogens with zero attached hydrogens (tertiary/aromatic N) is 1. The minimum atomic E-state index is -0.436. The van der Waals surface area contributed by atoms with E-state index in [9.17, 15) is 9.18 Å². The molecule has 1 N–H and O–H groups in total. The molecular weight excluding hydrogens is 335 g/mol. The molecule has 2 aromatic carbocycles. The fraction of sp³-hybridized carbons (Fsp3) is 0.350. The van der Waals surface area contributed by atoms with Gasteiger partial charge in [-0.3, -0.25) is 4.79 Å². The third kappa shape index (κ3) is 4.41. The molecule has 5 heteroatoms. The minimum Gasteiger partial charge on any atom is -0.340 e. The van der Waals surface area contributed by atoms with Gasteiger partial charge < -0.3 is 10.2 Å². The SMILES string of the molecule is CNC1CCCN(C(=O)C(Sc2ccccc2F)c2ccccc2)C1. The van der Waals surface area contributed by atoms with E-state index in [1.807, 2.05) is 42.3 Å². The van der Waals surface area contributed by atoms with Crippen LogP contribution >= 0.6 is 11.8 Å². The molecule has 1 saturated heterocycles. The highest BCUT2D eigenvalue weighted by molar-refractivity contribution is 8.00. The first-order valence-corrected chi connectivity index (χ1v) is 9.49. The Morgan fingerprint density at radius 2 is 1.92 bits per heavy atom. The van der Waals surface area contributed by atoms with Gasteiger partial charge in [0.15, 0.2) is 0 Å².